The van der Waals surface area contributed by atoms with Crippen LogP contribution in [0.25, 0.3) is 0 Å². The third kappa shape index (κ3) is 4.01. The lowest BCUT2D eigenvalue weighted by molar-refractivity contribution is -0.132. The van der Waals surface area contributed by atoms with Gasteiger partial charge in [0.2, 0.25) is 0 Å². The average Bonchev–Trinajstić information content (AvgIpc) is 3.13. The largest absolute Gasteiger partial charge is 0.496 e. The maximum absolute atomic E-state index is 13.1. The zero-order chi connectivity index (χ0) is 19.2. The molecule has 0 bridgehead atoms. The first-order valence-corrected chi connectivity index (χ1v) is 8.64. The molecule has 3 aromatic rings. The topological polar surface area (TPSA) is 65.4 Å². The Morgan fingerprint density at radius 1 is 1.07 bits per heavy atom. The number of carbonyl (C=O) groups is 1. The summed E-state index contributed by atoms with van der Waals surface area (Å²) < 4.78 is 12.8. The lowest BCUT2D eigenvalue weighted by atomic mass is 10.0. The first-order valence-electron chi connectivity index (χ1n) is 8.64. The Labute approximate surface area is 158 Å². The molecule has 2 atom stereocenters. The van der Waals surface area contributed by atoms with Crippen LogP contribution in [0.1, 0.15) is 29.1 Å². The highest BCUT2D eigenvalue weighted by molar-refractivity contribution is 5.83. The SMILES string of the molecule is COc1ccccc1C(NC(=O)C(OC)c1ccccc1)c1nccn1C. The standard InChI is InChI=1S/C21H23N3O3/c1-24-14-13-22-20(24)18(16-11-7-8-12-17(16)26-2)23-21(25)19(27-3)15-9-5-4-6-10-15/h4-14,18-19H,1-3H3,(H,23,25). The van der Waals surface area contributed by atoms with Gasteiger partial charge in [-0.1, -0.05) is 48.5 Å². The fourth-order valence-electron chi connectivity index (χ4n) is 3.08. The van der Waals surface area contributed by atoms with E-state index in [1.54, 1.807) is 13.3 Å². The highest BCUT2D eigenvalue weighted by Crippen LogP contribution is 2.30. The van der Waals surface area contributed by atoms with Gasteiger partial charge in [0.25, 0.3) is 5.91 Å². The first kappa shape index (κ1) is 18.7. The van der Waals surface area contributed by atoms with Crippen LogP contribution in [0, 0.1) is 0 Å². The molecule has 0 saturated carbocycles. The first-order chi connectivity index (χ1) is 13.2. The number of nitrogens with zero attached hydrogens (tertiary/aromatic N) is 2. The van der Waals surface area contributed by atoms with E-state index in [1.165, 1.54) is 7.11 Å². The average molecular weight is 365 g/mol. The van der Waals surface area contributed by atoms with Crippen LogP contribution in [0.3, 0.4) is 0 Å². The van der Waals surface area contributed by atoms with Crippen molar-refractivity contribution in [1.29, 1.82) is 0 Å². The number of benzene rings is 2. The Morgan fingerprint density at radius 2 is 1.78 bits per heavy atom. The van der Waals surface area contributed by atoms with Gasteiger partial charge in [-0.25, -0.2) is 4.98 Å². The summed E-state index contributed by atoms with van der Waals surface area (Å²) in [7, 11) is 5.02. The van der Waals surface area contributed by atoms with Gasteiger partial charge in [0.1, 0.15) is 17.6 Å². The molecule has 0 aliphatic rings. The molecule has 140 valence electrons. The lowest BCUT2D eigenvalue weighted by Crippen LogP contribution is -2.35. The molecule has 3 rings (SSSR count). The normalized spacial score (nSPS) is 13.0. The van der Waals surface area contributed by atoms with Crippen LogP contribution in [0.5, 0.6) is 5.75 Å². The molecule has 2 aromatic carbocycles. The van der Waals surface area contributed by atoms with E-state index in [1.807, 2.05) is 72.4 Å². The summed E-state index contributed by atoms with van der Waals surface area (Å²) in [5, 5.41) is 3.07. The number of rotatable bonds is 7. The van der Waals surface area contributed by atoms with E-state index in [4.69, 9.17) is 9.47 Å². The van der Waals surface area contributed by atoms with Gasteiger partial charge < -0.3 is 19.4 Å². The maximum atomic E-state index is 13.1. The molecule has 1 aromatic heterocycles. The summed E-state index contributed by atoms with van der Waals surface area (Å²) in [6, 6.07) is 16.5. The van der Waals surface area contributed by atoms with Crippen LogP contribution in [0.4, 0.5) is 0 Å². The molecule has 6 heteroatoms. The summed E-state index contributed by atoms with van der Waals surface area (Å²) >= 11 is 0. The minimum Gasteiger partial charge on any atom is -0.496 e. The number of imidazole rings is 1. The van der Waals surface area contributed by atoms with Crippen LogP contribution in [-0.2, 0) is 16.6 Å². The molecular formula is C21H23N3O3. The fraction of sp³-hybridized carbons (Fsp3) is 0.238. The van der Waals surface area contributed by atoms with Gasteiger partial charge in [-0.3, -0.25) is 4.79 Å². The van der Waals surface area contributed by atoms with Gasteiger partial charge >= 0.3 is 0 Å². The molecular weight excluding hydrogens is 342 g/mol. The lowest BCUT2D eigenvalue weighted by Gasteiger charge is -2.24. The number of hydrogen-bond donors (Lipinski definition) is 1. The van der Waals surface area contributed by atoms with Gasteiger partial charge in [-0.15, -0.1) is 0 Å². The number of aromatic nitrogens is 2. The third-order valence-electron chi connectivity index (χ3n) is 4.43. The fourth-order valence-corrected chi connectivity index (χ4v) is 3.08. The molecule has 0 saturated heterocycles. The number of ether oxygens (including phenoxy) is 2. The molecule has 0 aliphatic carbocycles. The van der Waals surface area contributed by atoms with E-state index >= 15 is 0 Å². The number of aryl methyl sites for hydroxylation is 1. The predicted molar refractivity (Wildman–Crippen MR) is 102 cm³/mol. The molecule has 1 heterocycles. The van der Waals surface area contributed by atoms with Crippen molar-refractivity contribution in [2.75, 3.05) is 14.2 Å². The van der Waals surface area contributed by atoms with Crippen LogP contribution in [0.2, 0.25) is 0 Å². The minimum atomic E-state index is -0.719. The molecule has 2 unspecified atom stereocenters. The Balaban J connectivity index is 1.97. The molecule has 0 aliphatic heterocycles. The number of methoxy groups -OCH3 is 2. The van der Waals surface area contributed by atoms with Crippen molar-refractivity contribution in [3.63, 3.8) is 0 Å². The smallest absolute Gasteiger partial charge is 0.254 e. The van der Waals surface area contributed by atoms with Crippen molar-refractivity contribution in [3.8, 4) is 5.75 Å². The maximum Gasteiger partial charge on any atom is 0.254 e. The second kappa shape index (κ2) is 8.51. The molecule has 27 heavy (non-hydrogen) atoms. The van der Waals surface area contributed by atoms with E-state index in [0.29, 0.717) is 11.6 Å². The number of para-hydroxylation sites is 1. The van der Waals surface area contributed by atoms with Crippen molar-refractivity contribution < 1.29 is 14.3 Å². The number of hydrogen-bond acceptors (Lipinski definition) is 4. The summed E-state index contributed by atoms with van der Waals surface area (Å²) in [4.78, 5) is 17.5. The molecule has 0 spiro atoms. The van der Waals surface area contributed by atoms with Crippen molar-refractivity contribution in [2.24, 2.45) is 7.05 Å². The van der Waals surface area contributed by atoms with Crippen molar-refractivity contribution in [3.05, 3.63) is 83.9 Å². The molecule has 1 N–H and O–H groups in total. The summed E-state index contributed by atoms with van der Waals surface area (Å²) in [6.07, 6.45) is 2.83. The number of carbonyl (C=O) groups excluding carboxylic acids is 1. The van der Waals surface area contributed by atoms with Crippen molar-refractivity contribution >= 4 is 5.91 Å². The van der Waals surface area contributed by atoms with E-state index in [0.717, 1.165) is 11.1 Å². The number of nitrogens with one attached hydrogen (secondary N) is 1. The molecule has 6 nitrogen and oxygen atoms in total. The van der Waals surface area contributed by atoms with Crippen LogP contribution >= 0.6 is 0 Å². The minimum absolute atomic E-state index is 0.248. The predicted octanol–water partition coefficient (Wildman–Crippen LogP) is 3.02. The zero-order valence-corrected chi connectivity index (χ0v) is 15.6. The Morgan fingerprint density at radius 3 is 2.41 bits per heavy atom. The molecule has 1 amide bonds. The van der Waals surface area contributed by atoms with Crippen LogP contribution in [0.15, 0.2) is 67.0 Å². The highest BCUT2D eigenvalue weighted by Gasteiger charge is 2.28. The highest BCUT2D eigenvalue weighted by atomic mass is 16.5. The Bertz CT molecular complexity index is 892. The summed E-state index contributed by atoms with van der Waals surface area (Å²) in [6.45, 7) is 0. The van der Waals surface area contributed by atoms with E-state index in [9.17, 15) is 4.79 Å². The Hall–Kier alpha value is -3.12. The third-order valence-corrected chi connectivity index (χ3v) is 4.43. The van der Waals surface area contributed by atoms with Gasteiger partial charge in [-0.2, -0.15) is 0 Å². The van der Waals surface area contributed by atoms with Gasteiger partial charge in [-0.05, 0) is 11.6 Å². The van der Waals surface area contributed by atoms with Gasteiger partial charge in [0.15, 0.2) is 6.10 Å². The van der Waals surface area contributed by atoms with Crippen LogP contribution < -0.4 is 10.1 Å². The Kier molecular flexibility index (Phi) is 5.88. The number of amides is 1. The second-order valence-corrected chi connectivity index (χ2v) is 6.11. The summed E-state index contributed by atoms with van der Waals surface area (Å²) in [5.41, 5.74) is 1.61. The van der Waals surface area contributed by atoms with E-state index in [-0.39, 0.29) is 5.91 Å². The summed E-state index contributed by atoms with van der Waals surface area (Å²) in [5.74, 6) is 1.14. The van der Waals surface area contributed by atoms with Crippen molar-refractivity contribution in [1.82, 2.24) is 14.9 Å². The zero-order valence-electron chi connectivity index (χ0n) is 15.6. The monoisotopic (exact) mass is 365 g/mol. The van der Waals surface area contributed by atoms with Gasteiger partial charge in [0.05, 0.1) is 7.11 Å². The second-order valence-electron chi connectivity index (χ2n) is 6.11. The quantitative estimate of drug-likeness (QED) is 0.699. The van der Waals surface area contributed by atoms with Crippen LogP contribution in [-0.4, -0.2) is 29.7 Å². The van der Waals surface area contributed by atoms with E-state index in [2.05, 4.69) is 10.3 Å². The van der Waals surface area contributed by atoms with Crippen molar-refractivity contribution in [2.45, 2.75) is 12.1 Å². The van der Waals surface area contributed by atoms with Gasteiger partial charge in [0, 0.05) is 32.1 Å². The molecule has 0 radical (unpaired) electrons. The molecule has 0 fully saturated rings. The van der Waals surface area contributed by atoms with E-state index < -0.39 is 12.1 Å².